The first-order chi connectivity index (χ1) is 8.99. The fourth-order valence-corrected chi connectivity index (χ4v) is 2.55. The molecule has 5 nitrogen and oxygen atoms in total. The van der Waals surface area contributed by atoms with Gasteiger partial charge >= 0.3 is 0 Å². The lowest BCUT2D eigenvalue weighted by Crippen LogP contribution is -2.43. The van der Waals surface area contributed by atoms with Crippen LogP contribution in [0.4, 0.5) is 5.82 Å². The van der Waals surface area contributed by atoms with E-state index >= 15 is 0 Å². The van der Waals surface area contributed by atoms with Crippen molar-refractivity contribution in [1.29, 1.82) is 0 Å². The number of hydrogen-bond donors (Lipinski definition) is 1. The van der Waals surface area contributed by atoms with Gasteiger partial charge in [-0.2, -0.15) is 0 Å². The van der Waals surface area contributed by atoms with E-state index in [0.29, 0.717) is 11.4 Å². The van der Waals surface area contributed by atoms with Crippen LogP contribution in [-0.2, 0) is 0 Å². The first kappa shape index (κ1) is 14.3. The Morgan fingerprint density at radius 1 is 1.47 bits per heavy atom. The SMILES string of the molecule is CN(C)c1ncc(Br)cc1C(=O)N1CCC(N)CC1. The van der Waals surface area contributed by atoms with E-state index in [1.807, 2.05) is 30.0 Å². The molecule has 0 saturated carbocycles. The minimum atomic E-state index is 0.0319. The maximum atomic E-state index is 12.6. The average molecular weight is 327 g/mol. The highest BCUT2D eigenvalue weighted by atomic mass is 79.9. The van der Waals surface area contributed by atoms with E-state index in [4.69, 9.17) is 5.73 Å². The number of aromatic nitrogens is 1. The van der Waals surface area contributed by atoms with Gasteiger partial charge in [-0.25, -0.2) is 4.98 Å². The van der Waals surface area contributed by atoms with Crippen molar-refractivity contribution in [3.05, 3.63) is 22.3 Å². The van der Waals surface area contributed by atoms with Crippen LogP contribution >= 0.6 is 15.9 Å². The molecule has 0 bridgehead atoms. The average Bonchev–Trinajstić information content (AvgIpc) is 2.38. The van der Waals surface area contributed by atoms with Crippen molar-refractivity contribution in [2.75, 3.05) is 32.1 Å². The molecule has 19 heavy (non-hydrogen) atoms. The van der Waals surface area contributed by atoms with Gasteiger partial charge in [0.25, 0.3) is 5.91 Å². The molecule has 0 unspecified atom stereocenters. The van der Waals surface area contributed by atoms with Crippen molar-refractivity contribution in [1.82, 2.24) is 9.88 Å². The van der Waals surface area contributed by atoms with E-state index in [9.17, 15) is 4.79 Å². The van der Waals surface area contributed by atoms with E-state index in [1.165, 1.54) is 0 Å². The quantitative estimate of drug-likeness (QED) is 0.894. The maximum absolute atomic E-state index is 12.6. The van der Waals surface area contributed by atoms with Crippen molar-refractivity contribution in [2.24, 2.45) is 5.73 Å². The highest BCUT2D eigenvalue weighted by molar-refractivity contribution is 9.10. The normalized spacial score (nSPS) is 16.5. The van der Waals surface area contributed by atoms with Crippen LogP contribution in [0, 0.1) is 0 Å². The van der Waals surface area contributed by atoms with E-state index in [-0.39, 0.29) is 11.9 Å². The number of carbonyl (C=O) groups is 1. The van der Waals surface area contributed by atoms with Gasteiger partial charge in [0.05, 0.1) is 5.56 Å². The number of piperidine rings is 1. The minimum Gasteiger partial charge on any atom is -0.362 e. The Labute approximate surface area is 121 Å². The Morgan fingerprint density at radius 2 is 2.11 bits per heavy atom. The molecule has 2 rings (SSSR count). The number of nitrogens with zero attached hydrogens (tertiary/aromatic N) is 3. The third kappa shape index (κ3) is 3.25. The van der Waals surface area contributed by atoms with Gasteiger partial charge in [0.1, 0.15) is 5.82 Å². The summed E-state index contributed by atoms with van der Waals surface area (Å²) in [4.78, 5) is 20.6. The molecule has 0 atom stereocenters. The number of rotatable bonds is 2. The van der Waals surface area contributed by atoms with Crippen LogP contribution in [0.3, 0.4) is 0 Å². The highest BCUT2D eigenvalue weighted by Gasteiger charge is 2.24. The molecular formula is C13H19BrN4O. The Morgan fingerprint density at radius 3 is 2.68 bits per heavy atom. The molecule has 2 N–H and O–H groups in total. The number of anilines is 1. The number of likely N-dealkylation sites (tertiary alicyclic amines) is 1. The number of halogens is 1. The topological polar surface area (TPSA) is 62.5 Å². The van der Waals surface area contributed by atoms with Crippen molar-refractivity contribution < 1.29 is 4.79 Å². The van der Waals surface area contributed by atoms with Crippen LogP contribution in [0.15, 0.2) is 16.7 Å². The second kappa shape index (κ2) is 5.88. The van der Waals surface area contributed by atoms with Crippen LogP contribution in [-0.4, -0.2) is 49.0 Å². The molecule has 2 heterocycles. The van der Waals surface area contributed by atoms with Gasteiger partial charge in [-0.3, -0.25) is 4.79 Å². The molecule has 0 radical (unpaired) electrons. The van der Waals surface area contributed by atoms with Crippen LogP contribution in [0.5, 0.6) is 0 Å². The van der Waals surface area contributed by atoms with Gasteiger partial charge in [0, 0.05) is 43.9 Å². The number of amides is 1. The minimum absolute atomic E-state index is 0.0319. The molecule has 0 aliphatic carbocycles. The molecule has 0 spiro atoms. The molecule has 0 aromatic carbocycles. The zero-order valence-electron chi connectivity index (χ0n) is 11.3. The fourth-order valence-electron chi connectivity index (χ4n) is 2.22. The number of carbonyl (C=O) groups excluding carboxylic acids is 1. The van der Waals surface area contributed by atoms with Crippen LogP contribution < -0.4 is 10.6 Å². The van der Waals surface area contributed by atoms with Gasteiger partial charge in [0.15, 0.2) is 0 Å². The number of pyridine rings is 1. The maximum Gasteiger partial charge on any atom is 0.257 e. The zero-order valence-corrected chi connectivity index (χ0v) is 12.9. The summed E-state index contributed by atoms with van der Waals surface area (Å²) in [6, 6.07) is 2.05. The molecule has 6 heteroatoms. The monoisotopic (exact) mass is 326 g/mol. The predicted octanol–water partition coefficient (Wildman–Crippen LogP) is 1.47. The van der Waals surface area contributed by atoms with Crippen LogP contribution in [0.1, 0.15) is 23.2 Å². The lowest BCUT2D eigenvalue weighted by Gasteiger charge is -2.31. The molecule has 1 fully saturated rings. The van der Waals surface area contributed by atoms with Crippen LogP contribution in [0.2, 0.25) is 0 Å². The van der Waals surface area contributed by atoms with Crippen LogP contribution in [0.25, 0.3) is 0 Å². The number of hydrogen-bond acceptors (Lipinski definition) is 4. The van der Waals surface area contributed by atoms with E-state index in [2.05, 4.69) is 20.9 Å². The third-order valence-corrected chi connectivity index (χ3v) is 3.75. The summed E-state index contributed by atoms with van der Waals surface area (Å²) in [6.45, 7) is 1.44. The van der Waals surface area contributed by atoms with Crippen molar-refractivity contribution in [3.63, 3.8) is 0 Å². The Balaban J connectivity index is 2.25. The molecule has 1 aliphatic rings. The Bertz CT molecular complexity index is 470. The summed E-state index contributed by atoms with van der Waals surface area (Å²) in [5.74, 6) is 0.729. The summed E-state index contributed by atoms with van der Waals surface area (Å²) >= 11 is 3.38. The predicted molar refractivity (Wildman–Crippen MR) is 79.4 cm³/mol. The van der Waals surface area contributed by atoms with Crippen molar-refractivity contribution in [3.8, 4) is 0 Å². The van der Waals surface area contributed by atoms with E-state index < -0.39 is 0 Å². The lowest BCUT2D eigenvalue weighted by molar-refractivity contribution is 0.0715. The summed E-state index contributed by atoms with van der Waals surface area (Å²) < 4.78 is 0.815. The Hall–Kier alpha value is -1.14. The standard InChI is InChI=1S/C13H19BrN4O/c1-17(2)12-11(7-9(14)8-16-12)13(19)18-5-3-10(15)4-6-18/h7-8,10H,3-6,15H2,1-2H3. The lowest BCUT2D eigenvalue weighted by atomic mass is 10.1. The van der Waals surface area contributed by atoms with E-state index in [0.717, 1.165) is 30.4 Å². The molecule has 1 saturated heterocycles. The van der Waals surface area contributed by atoms with Gasteiger partial charge in [-0.05, 0) is 34.8 Å². The molecule has 1 aromatic rings. The summed E-state index contributed by atoms with van der Waals surface area (Å²) in [5, 5.41) is 0. The largest absolute Gasteiger partial charge is 0.362 e. The molecule has 1 aromatic heterocycles. The highest BCUT2D eigenvalue weighted by Crippen LogP contribution is 2.23. The third-order valence-electron chi connectivity index (χ3n) is 3.31. The summed E-state index contributed by atoms with van der Waals surface area (Å²) in [6.07, 6.45) is 3.44. The van der Waals surface area contributed by atoms with Gasteiger partial charge in [-0.15, -0.1) is 0 Å². The first-order valence-electron chi connectivity index (χ1n) is 6.36. The second-order valence-electron chi connectivity index (χ2n) is 5.05. The molecule has 1 amide bonds. The van der Waals surface area contributed by atoms with Gasteiger partial charge < -0.3 is 15.5 Å². The van der Waals surface area contributed by atoms with Gasteiger partial charge in [0.2, 0.25) is 0 Å². The van der Waals surface area contributed by atoms with Gasteiger partial charge in [-0.1, -0.05) is 0 Å². The van der Waals surface area contributed by atoms with E-state index in [1.54, 1.807) is 6.20 Å². The number of nitrogens with two attached hydrogens (primary N) is 1. The molecule has 104 valence electrons. The smallest absolute Gasteiger partial charge is 0.257 e. The summed E-state index contributed by atoms with van der Waals surface area (Å²) in [5.41, 5.74) is 6.51. The molecular weight excluding hydrogens is 308 g/mol. The first-order valence-corrected chi connectivity index (χ1v) is 7.16. The van der Waals surface area contributed by atoms with Crippen molar-refractivity contribution >= 4 is 27.7 Å². The van der Waals surface area contributed by atoms with Crippen molar-refractivity contribution in [2.45, 2.75) is 18.9 Å². The zero-order chi connectivity index (χ0) is 14.0. The fraction of sp³-hybridized carbons (Fsp3) is 0.538. The Kier molecular flexibility index (Phi) is 4.42. The molecule has 1 aliphatic heterocycles. The summed E-state index contributed by atoms with van der Waals surface area (Å²) in [7, 11) is 3.78. The second-order valence-corrected chi connectivity index (χ2v) is 5.96.